The lowest BCUT2D eigenvalue weighted by Crippen LogP contribution is -2.42. The smallest absolute Gasteiger partial charge is 0.227 e. The maximum Gasteiger partial charge on any atom is 0.227 e. The summed E-state index contributed by atoms with van der Waals surface area (Å²) in [5.74, 6) is 1.03. The largest absolute Gasteiger partial charge is 0.355 e. The zero-order chi connectivity index (χ0) is 18.9. The van der Waals surface area contributed by atoms with Crippen LogP contribution in [0.15, 0.2) is 29.3 Å². The molecule has 0 saturated carbocycles. The Labute approximate surface area is 157 Å². The standard InChI is InChI=1S/C20H33N5O/c1-5-16(2)24(4)14-12-22-20(21-3)23-15-17-8-10-18(11-9-17)25-13-6-7-19(25)26/h8-11,16H,5-7,12-15H2,1-4H3,(H2,21,22,23). The molecule has 1 aromatic carbocycles. The lowest BCUT2D eigenvalue weighted by atomic mass is 10.2. The van der Waals surface area contributed by atoms with Crippen LogP contribution in [0.4, 0.5) is 5.69 Å². The molecule has 1 aromatic rings. The van der Waals surface area contributed by atoms with Gasteiger partial charge in [-0.3, -0.25) is 9.79 Å². The van der Waals surface area contributed by atoms with Crippen LogP contribution in [0.2, 0.25) is 0 Å². The number of carbonyl (C=O) groups is 1. The number of benzene rings is 1. The fourth-order valence-electron chi connectivity index (χ4n) is 3.00. The number of rotatable bonds is 8. The number of amides is 1. The Hall–Kier alpha value is -2.08. The first-order chi connectivity index (χ1) is 12.5. The Balaban J connectivity index is 1.76. The van der Waals surface area contributed by atoms with Gasteiger partial charge in [0.05, 0.1) is 0 Å². The number of aliphatic imine (C=N–C) groups is 1. The summed E-state index contributed by atoms with van der Waals surface area (Å²) in [7, 11) is 3.94. The quantitative estimate of drug-likeness (QED) is 0.552. The summed E-state index contributed by atoms with van der Waals surface area (Å²) in [5.41, 5.74) is 2.16. The monoisotopic (exact) mass is 359 g/mol. The maximum atomic E-state index is 11.8. The van der Waals surface area contributed by atoms with E-state index >= 15 is 0 Å². The minimum atomic E-state index is 0.225. The van der Waals surface area contributed by atoms with Crippen molar-refractivity contribution in [2.75, 3.05) is 38.6 Å². The molecule has 0 bridgehead atoms. The number of likely N-dealkylation sites (N-methyl/N-ethyl adjacent to an activating group) is 1. The van der Waals surface area contributed by atoms with E-state index in [9.17, 15) is 4.79 Å². The molecule has 2 N–H and O–H groups in total. The van der Waals surface area contributed by atoms with Gasteiger partial charge in [-0.25, -0.2) is 0 Å². The molecule has 1 atom stereocenters. The molecule has 144 valence electrons. The third kappa shape index (κ3) is 5.73. The molecule has 1 unspecified atom stereocenters. The van der Waals surface area contributed by atoms with Crippen molar-refractivity contribution in [3.8, 4) is 0 Å². The number of guanidine groups is 1. The molecular formula is C20H33N5O. The van der Waals surface area contributed by atoms with Gasteiger partial charge in [0, 0.05) is 51.4 Å². The summed E-state index contributed by atoms with van der Waals surface area (Å²) < 4.78 is 0. The Morgan fingerprint density at radius 3 is 2.62 bits per heavy atom. The predicted octanol–water partition coefficient (Wildman–Crippen LogP) is 2.21. The van der Waals surface area contributed by atoms with Gasteiger partial charge in [-0.15, -0.1) is 0 Å². The summed E-state index contributed by atoms with van der Waals surface area (Å²) in [6.45, 7) is 7.82. The second-order valence-corrected chi connectivity index (χ2v) is 6.91. The van der Waals surface area contributed by atoms with Crippen molar-refractivity contribution in [3.05, 3.63) is 29.8 Å². The summed E-state index contributed by atoms with van der Waals surface area (Å²) in [6.07, 6.45) is 2.77. The molecule has 1 fully saturated rings. The number of carbonyl (C=O) groups excluding carboxylic acids is 1. The lowest BCUT2D eigenvalue weighted by molar-refractivity contribution is -0.117. The van der Waals surface area contributed by atoms with Crippen LogP contribution in [0.1, 0.15) is 38.7 Å². The second-order valence-electron chi connectivity index (χ2n) is 6.91. The highest BCUT2D eigenvalue weighted by atomic mass is 16.2. The van der Waals surface area contributed by atoms with Crippen LogP contribution in [-0.2, 0) is 11.3 Å². The highest BCUT2D eigenvalue weighted by Crippen LogP contribution is 2.21. The fraction of sp³-hybridized carbons (Fsp3) is 0.600. The highest BCUT2D eigenvalue weighted by molar-refractivity contribution is 5.95. The first-order valence-electron chi connectivity index (χ1n) is 9.59. The molecule has 0 aliphatic carbocycles. The van der Waals surface area contributed by atoms with Crippen LogP contribution in [0.3, 0.4) is 0 Å². The first-order valence-corrected chi connectivity index (χ1v) is 9.59. The van der Waals surface area contributed by atoms with Gasteiger partial charge in [-0.05, 0) is 44.5 Å². The Morgan fingerprint density at radius 1 is 1.31 bits per heavy atom. The molecule has 26 heavy (non-hydrogen) atoms. The van der Waals surface area contributed by atoms with Crippen LogP contribution in [-0.4, -0.2) is 56.5 Å². The van der Waals surface area contributed by atoms with Crippen molar-refractivity contribution in [1.29, 1.82) is 0 Å². The molecule has 1 saturated heterocycles. The van der Waals surface area contributed by atoms with E-state index < -0.39 is 0 Å². The lowest BCUT2D eigenvalue weighted by Gasteiger charge is -2.24. The second kappa shape index (κ2) is 10.2. The van der Waals surface area contributed by atoms with Crippen molar-refractivity contribution in [3.63, 3.8) is 0 Å². The number of hydrogen-bond acceptors (Lipinski definition) is 3. The molecule has 1 heterocycles. The molecule has 1 aliphatic rings. The normalized spacial score (nSPS) is 16.3. The van der Waals surface area contributed by atoms with Crippen molar-refractivity contribution < 1.29 is 4.79 Å². The van der Waals surface area contributed by atoms with E-state index in [1.165, 1.54) is 5.56 Å². The van der Waals surface area contributed by atoms with Crippen LogP contribution < -0.4 is 15.5 Å². The van der Waals surface area contributed by atoms with Crippen LogP contribution in [0, 0.1) is 0 Å². The van der Waals surface area contributed by atoms with Gasteiger partial charge in [0.1, 0.15) is 0 Å². The van der Waals surface area contributed by atoms with E-state index in [0.717, 1.165) is 44.1 Å². The summed E-state index contributed by atoms with van der Waals surface area (Å²) in [4.78, 5) is 20.3. The fourth-order valence-corrected chi connectivity index (χ4v) is 3.00. The van der Waals surface area contributed by atoms with Crippen LogP contribution >= 0.6 is 0 Å². The zero-order valence-corrected chi connectivity index (χ0v) is 16.6. The van der Waals surface area contributed by atoms with E-state index in [-0.39, 0.29) is 5.91 Å². The third-order valence-corrected chi connectivity index (χ3v) is 5.11. The molecule has 0 spiro atoms. The highest BCUT2D eigenvalue weighted by Gasteiger charge is 2.21. The molecule has 0 aromatic heterocycles. The number of nitrogens with one attached hydrogen (secondary N) is 2. The van der Waals surface area contributed by atoms with Gasteiger partial charge in [0.2, 0.25) is 5.91 Å². The van der Waals surface area contributed by atoms with Crippen molar-refractivity contribution >= 4 is 17.6 Å². The molecular weight excluding hydrogens is 326 g/mol. The molecule has 1 amide bonds. The van der Waals surface area contributed by atoms with E-state index in [0.29, 0.717) is 19.0 Å². The van der Waals surface area contributed by atoms with E-state index in [1.807, 2.05) is 17.0 Å². The van der Waals surface area contributed by atoms with Crippen molar-refractivity contribution in [1.82, 2.24) is 15.5 Å². The number of anilines is 1. The average Bonchev–Trinajstić information content (AvgIpc) is 3.10. The molecule has 6 heteroatoms. The number of nitrogens with zero attached hydrogens (tertiary/aromatic N) is 3. The van der Waals surface area contributed by atoms with Gasteiger partial charge in [0.25, 0.3) is 0 Å². The van der Waals surface area contributed by atoms with Gasteiger partial charge in [-0.1, -0.05) is 19.1 Å². The van der Waals surface area contributed by atoms with Crippen LogP contribution in [0.5, 0.6) is 0 Å². The summed E-state index contributed by atoms with van der Waals surface area (Å²) in [5, 5.41) is 6.70. The number of hydrogen-bond donors (Lipinski definition) is 2. The van der Waals surface area contributed by atoms with Gasteiger partial charge in [-0.2, -0.15) is 0 Å². The third-order valence-electron chi connectivity index (χ3n) is 5.11. The SMILES string of the molecule is CCC(C)N(C)CCNC(=NC)NCc1ccc(N2CCCC2=O)cc1. The molecule has 2 rings (SSSR count). The zero-order valence-electron chi connectivity index (χ0n) is 16.6. The van der Waals surface area contributed by atoms with Crippen LogP contribution in [0.25, 0.3) is 0 Å². The van der Waals surface area contributed by atoms with Gasteiger partial charge >= 0.3 is 0 Å². The predicted molar refractivity (Wildman–Crippen MR) is 109 cm³/mol. The molecule has 1 aliphatic heterocycles. The van der Waals surface area contributed by atoms with E-state index in [1.54, 1.807) is 7.05 Å². The summed E-state index contributed by atoms with van der Waals surface area (Å²) in [6, 6.07) is 8.78. The Morgan fingerprint density at radius 2 is 2.04 bits per heavy atom. The van der Waals surface area contributed by atoms with Crippen molar-refractivity contribution in [2.24, 2.45) is 4.99 Å². The van der Waals surface area contributed by atoms with Gasteiger partial charge < -0.3 is 20.4 Å². The molecule has 6 nitrogen and oxygen atoms in total. The summed E-state index contributed by atoms with van der Waals surface area (Å²) >= 11 is 0. The van der Waals surface area contributed by atoms with E-state index in [4.69, 9.17) is 0 Å². The maximum absolute atomic E-state index is 11.8. The Kier molecular flexibility index (Phi) is 7.91. The van der Waals surface area contributed by atoms with E-state index in [2.05, 4.69) is 53.6 Å². The minimum Gasteiger partial charge on any atom is -0.355 e. The molecule has 0 radical (unpaired) electrons. The topological polar surface area (TPSA) is 60.0 Å². The first kappa shape index (κ1) is 20.2. The van der Waals surface area contributed by atoms with Crippen molar-refractivity contribution in [2.45, 2.75) is 45.7 Å². The minimum absolute atomic E-state index is 0.225. The average molecular weight is 360 g/mol. The van der Waals surface area contributed by atoms with Gasteiger partial charge in [0.15, 0.2) is 5.96 Å². The Bertz CT molecular complexity index is 599.